The molecule has 1 N–H and O–H groups in total. The molecular weight excluding hydrogens is 330 g/mol. The van der Waals surface area contributed by atoms with Gasteiger partial charge in [0.1, 0.15) is 6.04 Å². The zero-order chi connectivity index (χ0) is 18.7. The van der Waals surface area contributed by atoms with E-state index < -0.39 is 17.7 Å². The van der Waals surface area contributed by atoms with Gasteiger partial charge < -0.3 is 10.0 Å². The molecule has 3 heterocycles. The summed E-state index contributed by atoms with van der Waals surface area (Å²) < 4.78 is 0. The number of aromatic nitrogens is 2. The normalized spacial score (nSPS) is 17.3. The Kier molecular flexibility index (Phi) is 5.11. The maximum Gasteiger partial charge on any atom is 0.290 e. The molecule has 2 aromatic heterocycles. The molecule has 0 fully saturated rings. The Balaban J connectivity index is 2.02. The van der Waals surface area contributed by atoms with E-state index in [-0.39, 0.29) is 30.2 Å². The number of Topliss-reactive ketones (excluding diaryl/α,β-unsaturated/α-hetero) is 1. The lowest BCUT2D eigenvalue weighted by molar-refractivity contribution is -0.130. The van der Waals surface area contributed by atoms with Gasteiger partial charge in [-0.05, 0) is 30.2 Å². The van der Waals surface area contributed by atoms with Crippen LogP contribution in [0.25, 0.3) is 0 Å². The SMILES string of the molecule is CC(C)CC(=O)C1=C(O)C(=O)N(Cc2ccccn2)C1c1ccccn1. The molecule has 0 saturated heterocycles. The fourth-order valence-electron chi connectivity index (χ4n) is 3.09. The Hall–Kier alpha value is -3.02. The summed E-state index contributed by atoms with van der Waals surface area (Å²) in [5.41, 5.74) is 1.35. The summed E-state index contributed by atoms with van der Waals surface area (Å²) in [6.07, 6.45) is 3.51. The molecule has 0 spiro atoms. The molecule has 0 saturated carbocycles. The van der Waals surface area contributed by atoms with Crippen LogP contribution in [0.3, 0.4) is 0 Å². The summed E-state index contributed by atoms with van der Waals surface area (Å²) in [5, 5.41) is 10.4. The first-order chi connectivity index (χ1) is 12.5. The van der Waals surface area contributed by atoms with Gasteiger partial charge in [0.15, 0.2) is 11.5 Å². The van der Waals surface area contributed by atoms with Gasteiger partial charge in [0.25, 0.3) is 5.91 Å². The van der Waals surface area contributed by atoms with Crippen LogP contribution in [0.4, 0.5) is 0 Å². The van der Waals surface area contributed by atoms with Crippen molar-refractivity contribution in [2.75, 3.05) is 0 Å². The summed E-state index contributed by atoms with van der Waals surface area (Å²) in [6.45, 7) is 4.03. The van der Waals surface area contributed by atoms with Crippen LogP contribution < -0.4 is 0 Å². The Morgan fingerprint density at radius 2 is 1.85 bits per heavy atom. The van der Waals surface area contributed by atoms with Crippen molar-refractivity contribution >= 4 is 11.7 Å². The van der Waals surface area contributed by atoms with Gasteiger partial charge in [-0.25, -0.2) is 0 Å². The second kappa shape index (κ2) is 7.47. The van der Waals surface area contributed by atoms with Crippen molar-refractivity contribution in [2.24, 2.45) is 5.92 Å². The number of rotatable bonds is 6. The molecule has 0 aromatic carbocycles. The van der Waals surface area contributed by atoms with Crippen LogP contribution >= 0.6 is 0 Å². The van der Waals surface area contributed by atoms with Crippen molar-refractivity contribution in [2.45, 2.75) is 32.9 Å². The van der Waals surface area contributed by atoms with E-state index >= 15 is 0 Å². The Bertz CT molecular complexity index is 832. The van der Waals surface area contributed by atoms with E-state index in [4.69, 9.17) is 0 Å². The third kappa shape index (κ3) is 3.49. The van der Waals surface area contributed by atoms with E-state index in [9.17, 15) is 14.7 Å². The number of aliphatic hydroxyl groups is 1. The molecule has 2 aromatic rings. The Morgan fingerprint density at radius 1 is 1.15 bits per heavy atom. The van der Waals surface area contributed by atoms with E-state index in [0.717, 1.165) is 0 Å². The molecule has 6 nitrogen and oxygen atoms in total. The van der Waals surface area contributed by atoms with E-state index in [1.807, 2.05) is 19.9 Å². The predicted octanol–water partition coefficient (Wildman–Crippen LogP) is 2.99. The van der Waals surface area contributed by atoms with Gasteiger partial charge in [0.05, 0.1) is 23.5 Å². The molecule has 0 radical (unpaired) electrons. The number of carbonyl (C=O) groups is 2. The summed E-state index contributed by atoms with van der Waals surface area (Å²) in [7, 11) is 0. The number of hydrogen-bond donors (Lipinski definition) is 1. The summed E-state index contributed by atoms with van der Waals surface area (Å²) in [5.74, 6) is -1.17. The number of nitrogens with zero attached hydrogens (tertiary/aromatic N) is 3. The lowest BCUT2D eigenvalue weighted by Crippen LogP contribution is -2.31. The maximum atomic E-state index is 12.8. The van der Waals surface area contributed by atoms with Crippen molar-refractivity contribution in [1.29, 1.82) is 0 Å². The minimum atomic E-state index is -0.711. The third-order valence-corrected chi connectivity index (χ3v) is 4.22. The highest BCUT2D eigenvalue weighted by Gasteiger charge is 2.44. The average molecular weight is 351 g/mol. The molecule has 1 atom stereocenters. The Morgan fingerprint density at radius 3 is 2.42 bits per heavy atom. The predicted molar refractivity (Wildman–Crippen MR) is 95.9 cm³/mol. The van der Waals surface area contributed by atoms with Crippen LogP contribution in [-0.2, 0) is 16.1 Å². The molecule has 3 rings (SSSR count). The number of ketones is 1. The first-order valence-electron chi connectivity index (χ1n) is 8.57. The van der Waals surface area contributed by atoms with Crippen molar-refractivity contribution in [1.82, 2.24) is 14.9 Å². The van der Waals surface area contributed by atoms with Gasteiger partial charge in [0, 0.05) is 18.8 Å². The first kappa shape index (κ1) is 17.8. The van der Waals surface area contributed by atoms with Crippen LogP contribution in [-0.4, -0.2) is 31.7 Å². The van der Waals surface area contributed by atoms with Gasteiger partial charge in [-0.15, -0.1) is 0 Å². The standard InChI is InChI=1S/C20H21N3O3/c1-13(2)11-16(24)17-18(15-8-4-6-10-22-15)23(20(26)19(17)25)12-14-7-3-5-9-21-14/h3-10,13,18,25H,11-12H2,1-2H3. The highest BCUT2D eigenvalue weighted by Crippen LogP contribution is 2.38. The lowest BCUT2D eigenvalue weighted by Gasteiger charge is -2.25. The van der Waals surface area contributed by atoms with Crippen LogP contribution in [0.15, 0.2) is 60.1 Å². The molecule has 6 heteroatoms. The zero-order valence-corrected chi connectivity index (χ0v) is 14.8. The fraction of sp³-hybridized carbons (Fsp3) is 0.300. The van der Waals surface area contributed by atoms with Crippen molar-refractivity contribution in [3.63, 3.8) is 0 Å². The lowest BCUT2D eigenvalue weighted by atomic mass is 9.94. The zero-order valence-electron chi connectivity index (χ0n) is 14.8. The quantitative estimate of drug-likeness (QED) is 0.865. The fourth-order valence-corrected chi connectivity index (χ4v) is 3.09. The highest BCUT2D eigenvalue weighted by atomic mass is 16.3. The van der Waals surface area contributed by atoms with Gasteiger partial charge in [-0.3, -0.25) is 19.6 Å². The average Bonchev–Trinajstić information content (AvgIpc) is 2.88. The maximum absolute atomic E-state index is 12.8. The number of amides is 1. The molecule has 1 aliphatic heterocycles. The van der Waals surface area contributed by atoms with Crippen molar-refractivity contribution < 1.29 is 14.7 Å². The van der Waals surface area contributed by atoms with E-state index in [1.54, 1.807) is 42.7 Å². The molecule has 1 aliphatic rings. The van der Waals surface area contributed by atoms with Crippen LogP contribution in [0, 0.1) is 5.92 Å². The highest BCUT2D eigenvalue weighted by molar-refractivity contribution is 6.08. The minimum Gasteiger partial charge on any atom is -0.503 e. The minimum absolute atomic E-state index is 0.118. The Labute approximate surface area is 152 Å². The van der Waals surface area contributed by atoms with Gasteiger partial charge in [-0.2, -0.15) is 0 Å². The second-order valence-corrected chi connectivity index (χ2v) is 6.69. The van der Waals surface area contributed by atoms with Gasteiger partial charge in [0.2, 0.25) is 0 Å². The monoisotopic (exact) mass is 351 g/mol. The molecule has 0 aliphatic carbocycles. The molecule has 1 amide bonds. The number of carbonyl (C=O) groups excluding carboxylic acids is 2. The third-order valence-electron chi connectivity index (χ3n) is 4.22. The van der Waals surface area contributed by atoms with Crippen LogP contribution in [0.5, 0.6) is 0 Å². The number of aliphatic hydroxyl groups excluding tert-OH is 1. The van der Waals surface area contributed by atoms with E-state index in [0.29, 0.717) is 11.4 Å². The van der Waals surface area contributed by atoms with E-state index in [2.05, 4.69) is 9.97 Å². The van der Waals surface area contributed by atoms with Crippen molar-refractivity contribution in [3.8, 4) is 0 Å². The largest absolute Gasteiger partial charge is 0.503 e. The molecule has 26 heavy (non-hydrogen) atoms. The smallest absolute Gasteiger partial charge is 0.290 e. The van der Waals surface area contributed by atoms with Gasteiger partial charge >= 0.3 is 0 Å². The van der Waals surface area contributed by atoms with E-state index in [1.165, 1.54) is 4.90 Å². The summed E-state index contributed by atoms with van der Waals surface area (Å²) in [4.78, 5) is 35.5. The molecule has 0 bridgehead atoms. The first-order valence-corrected chi connectivity index (χ1v) is 8.57. The van der Waals surface area contributed by atoms with Gasteiger partial charge in [-0.1, -0.05) is 26.0 Å². The second-order valence-electron chi connectivity index (χ2n) is 6.69. The number of pyridine rings is 2. The summed E-state index contributed by atoms with van der Waals surface area (Å²) in [6, 6.07) is 10.0. The number of hydrogen-bond acceptors (Lipinski definition) is 5. The van der Waals surface area contributed by atoms with Crippen molar-refractivity contribution in [3.05, 3.63) is 71.5 Å². The molecule has 134 valence electrons. The van der Waals surface area contributed by atoms with Crippen LogP contribution in [0.1, 0.15) is 37.7 Å². The summed E-state index contributed by atoms with van der Waals surface area (Å²) >= 11 is 0. The van der Waals surface area contributed by atoms with Crippen LogP contribution in [0.2, 0.25) is 0 Å². The molecular formula is C20H21N3O3. The molecule has 1 unspecified atom stereocenters. The topological polar surface area (TPSA) is 83.4 Å².